The molecular weight excluding hydrogens is 1290 g/mol. The maximum absolute atomic E-state index is 13.2. The molecule has 2 N–H and O–H groups in total. The standard InChI is InChI=1S/C52H103N4O4P.C28H31N4O6P/c1-7-9-11-13-15-17-19-21-23-25-27-29-31-33-35-37-39-42-51(57)54-46-50(60-61(59-45-41-44-53)56(48(3)4)49(5)6)47-55-52(58)43-40-38-36-34-32-30-28-26-24-22-20-18-16-14-12-10-8-2;1-18(2)32(19(3)4)39(37-15-9-14-29)38-20(16-30-25(33)21-10-5-6-11-22(21)26(30)34)17-31-27(35)23-12-7-8-13-24(23)28(31)36/h48-50H,7-43,45-47H2,1-6H3,(H,54,57)(H,55,58);5-8,10-13,18-20H,9,15-17H2,1-4H3. The molecule has 564 valence electrons. The van der Waals surface area contributed by atoms with Crippen LogP contribution >= 0.6 is 17.1 Å². The SMILES string of the molecule is CC(C)N(C(C)C)P(OCCC#N)OC(CN1C(=O)c2ccccc2C1=O)CN1C(=O)c2ccccc2C1=O.CCCCCCCCCCCCCCCCCCCC(=O)NCC(CNC(=O)CCCCCCCCCCCCCCCCCCC)OP(OCCC#N)N(C(C)C)C(C)C. The van der Waals surface area contributed by atoms with Crippen LogP contribution in [-0.2, 0) is 27.7 Å². The van der Waals surface area contributed by atoms with Crippen LogP contribution in [0.25, 0.3) is 0 Å². The predicted molar refractivity (Wildman–Crippen MR) is 407 cm³/mol. The number of nitrogens with one attached hydrogen (secondary N) is 2. The zero-order chi connectivity index (χ0) is 73.1. The number of carbonyl (C=O) groups is 6. The number of fused-ring (bicyclic) bond motifs is 2. The molecule has 20 heteroatoms. The number of nitrogens with zero attached hydrogens (tertiary/aromatic N) is 6. The third-order valence-electron chi connectivity index (χ3n) is 18.4. The van der Waals surface area contributed by atoms with Crippen LogP contribution in [0.3, 0.4) is 0 Å². The molecule has 0 saturated carbocycles. The van der Waals surface area contributed by atoms with Crippen molar-refractivity contribution in [3.05, 3.63) is 70.8 Å². The highest BCUT2D eigenvalue weighted by Crippen LogP contribution is 2.49. The second-order valence-electron chi connectivity index (χ2n) is 28.5. The largest absolute Gasteiger partial charge is 0.353 e. The summed E-state index contributed by atoms with van der Waals surface area (Å²) in [5.41, 5.74) is 1.17. The molecular formula is C80H134N8O10P2. The minimum absolute atomic E-state index is 0.00235. The van der Waals surface area contributed by atoms with Crippen molar-refractivity contribution in [2.75, 3.05) is 39.4 Å². The van der Waals surface area contributed by atoms with E-state index < -0.39 is 52.9 Å². The highest BCUT2D eigenvalue weighted by Gasteiger charge is 2.42. The van der Waals surface area contributed by atoms with Gasteiger partial charge in [0, 0.05) is 50.1 Å². The molecule has 2 aromatic rings. The van der Waals surface area contributed by atoms with Crippen molar-refractivity contribution in [3.63, 3.8) is 0 Å². The number of hydrogen-bond donors (Lipinski definition) is 2. The van der Waals surface area contributed by atoms with Gasteiger partial charge < -0.3 is 28.7 Å². The first kappa shape index (κ1) is 89.5. The van der Waals surface area contributed by atoms with Gasteiger partial charge in [-0.1, -0.05) is 244 Å². The first-order valence-electron chi connectivity index (χ1n) is 39.4. The lowest BCUT2D eigenvalue weighted by Gasteiger charge is -2.38. The second kappa shape index (κ2) is 55.8. The average molecular weight is 1430 g/mol. The van der Waals surface area contributed by atoms with E-state index >= 15 is 0 Å². The van der Waals surface area contributed by atoms with Crippen molar-refractivity contribution in [1.29, 1.82) is 10.5 Å². The van der Waals surface area contributed by atoms with Gasteiger partial charge in [0.2, 0.25) is 11.8 Å². The van der Waals surface area contributed by atoms with E-state index in [1.807, 2.05) is 32.4 Å². The summed E-state index contributed by atoms with van der Waals surface area (Å²) in [6.07, 6.45) is 44.9. The van der Waals surface area contributed by atoms with Gasteiger partial charge in [-0.25, -0.2) is 9.34 Å². The van der Waals surface area contributed by atoms with E-state index in [1.165, 1.54) is 193 Å². The molecule has 2 aliphatic heterocycles. The molecule has 18 nitrogen and oxygen atoms in total. The van der Waals surface area contributed by atoms with E-state index in [4.69, 9.17) is 28.6 Å². The molecule has 0 spiro atoms. The fourth-order valence-corrected chi connectivity index (χ4v) is 16.4. The van der Waals surface area contributed by atoms with E-state index in [-0.39, 0.29) is 75.1 Å². The molecule has 0 bridgehead atoms. The molecule has 2 aromatic carbocycles. The summed E-state index contributed by atoms with van der Waals surface area (Å²) < 4.78 is 29.4. The summed E-state index contributed by atoms with van der Waals surface area (Å²) in [5.74, 6) is -1.80. The zero-order valence-corrected chi connectivity index (χ0v) is 65.6. The summed E-state index contributed by atoms with van der Waals surface area (Å²) >= 11 is 0. The number of hydrogen-bond acceptors (Lipinski definition) is 14. The normalized spacial score (nSPS) is 13.6. The Bertz CT molecular complexity index is 2450. The molecule has 0 aliphatic carbocycles. The molecule has 2 heterocycles. The Balaban J connectivity index is 0.000000568. The Hall–Kier alpha value is -4.74. The summed E-state index contributed by atoms with van der Waals surface area (Å²) in [5, 5.41) is 24.4. The molecule has 0 fully saturated rings. The first-order valence-corrected chi connectivity index (χ1v) is 41.6. The van der Waals surface area contributed by atoms with Gasteiger partial charge in [-0.2, -0.15) is 10.5 Å². The summed E-state index contributed by atoms with van der Waals surface area (Å²) in [6, 6.07) is 17.6. The summed E-state index contributed by atoms with van der Waals surface area (Å²) in [6.45, 7) is 21.6. The van der Waals surface area contributed by atoms with E-state index in [0.717, 1.165) is 35.5 Å². The lowest BCUT2D eigenvalue weighted by molar-refractivity contribution is -0.121. The Morgan fingerprint density at radius 2 is 0.640 bits per heavy atom. The highest BCUT2D eigenvalue weighted by molar-refractivity contribution is 7.44. The third kappa shape index (κ3) is 36.6. The van der Waals surface area contributed by atoms with E-state index in [9.17, 15) is 28.8 Å². The van der Waals surface area contributed by atoms with Crippen molar-refractivity contribution in [3.8, 4) is 12.1 Å². The third-order valence-corrected chi connectivity index (χ3v) is 22.8. The molecule has 2 aliphatic rings. The van der Waals surface area contributed by atoms with Crippen molar-refractivity contribution in [1.82, 2.24) is 29.8 Å². The van der Waals surface area contributed by atoms with E-state index in [2.05, 4.69) is 69.0 Å². The minimum Gasteiger partial charge on any atom is -0.353 e. The Morgan fingerprint density at radius 1 is 0.400 bits per heavy atom. The average Bonchev–Trinajstić information content (AvgIpc) is 1.64. The van der Waals surface area contributed by atoms with Crippen LogP contribution in [0.5, 0.6) is 0 Å². The molecule has 100 heavy (non-hydrogen) atoms. The van der Waals surface area contributed by atoms with Gasteiger partial charge in [0.25, 0.3) is 40.7 Å². The number of nitriles is 2. The van der Waals surface area contributed by atoms with Gasteiger partial charge >= 0.3 is 0 Å². The van der Waals surface area contributed by atoms with E-state index in [1.54, 1.807) is 48.5 Å². The lowest BCUT2D eigenvalue weighted by atomic mass is 10.0. The van der Waals surface area contributed by atoms with Crippen molar-refractivity contribution in [2.45, 2.75) is 350 Å². The van der Waals surface area contributed by atoms with Crippen LogP contribution in [0, 0.1) is 22.7 Å². The fraction of sp³-hybridized carbons (Fsp3) is 0.750. The van der Waals surface area contributed by atoms with Gasteiger partial charge in [0.05, 0.1) is 73.5 Å². The number of benzene rings is 2. The van der Waals surface area contributed by atoms with Gasteiger partial charge in [-0.15, -0.1) is 0 Å². The number of carbonyl (C=O) groups excluding carboxylic acids is 6. The van der Waals surface area contributed by atoms with Gasteiger partial charge in [0.1, 0.15) is 12.2 Å². The van der Waals surface area contributed by atoms with Gasteiger partial charge in [-0.05, 0) is 92.5 Å². The Labute approximate surface area is 608 Å². The van der Waals surface area contributed by atoms with Crippen LogP contribution < -0.4 is 10.6 Å². The molecule has 0 saturated heterocycles. The van der Waals surface area contributed by atoms with Crippen LogP contribution in [0.2, 0.25) is 0 Å². The van der Waals surface area contributed by atoms with E-state index in [0.29, 0.717) is 48.2 Å². The van der Waals surface area contributed by atoms with Gasteiger partial charge in [-0.3, -0.25) is 38.6 Å². The first-order chi connectivity index (χ1) is 48.4. The van der Waals surface area contributed by atoms with Crippen LogP contribution in [0.15, 0.2) is 48.5 Å². The summed E-state index contributed by atoms with van der Waals surface area (Å²) in [4.78, 5) is 80.7. The summed E-state index contributed by atoms with van der Waals surface area (Å²) in [7, 11) is -3.28. The van der Waals surface area contributed by atoms with Gasteiger partial charge in [0.15, 0.2) is 0 Å². The number of amides is 6. The minimum atomic E-state index is -1.78. The maximum atomic E-state index is 13.2. The quantitative estimate of drug-likeness (QED) is 0.0357. The number of imide groups is 2. The second-order valence-corrected chi connectivity index (χ2v) is 31.3. The zero-order valence-electron chi connectivity index (χ0n) is 63.9. The van der Waals surface area contributed by atoms with Crippen molar-refractivity contribution in [2.24, 2.45) is 0 Å². The number of rotatable bonds is 60. The smallest absolute Gasteiger partial charge is 0.261 e. The Morgan fingerprint density at radius 3 is 0.880 bits per heavy atom. The predicted octanol–water partition coefficient (Wildman–Crippen LogP) is 20.2. The monoisotopic (exact) mass is 1430 g/mol. The lowest BCUT2D eigenvalue weighted by Crippen LogP contribution is -2.46. The van der Waals surface area contributed by atoms with Crippen molar-refractivity contribution >= 4 is 52.5 Å². The van der Waals surface area contributed by atoms with Crippen LogP contribution in [0.1, 0.15) is 355 Å². The molecule has 0 radical (unpaired) electrons. The Kier molecular flexibility index (Phi) is 49.9. The van der Waals surface area contributed by atoms with Crippen molar-refractivity contribution < 1.29 is 46.9 Å². The topological polar surface area (TPSA) is 224 Å². The molecule has 0 aromatic heterocycles. The van der Waals surface area contributed by atoms with Crippen LogP contribution in [0.4, 0.5) is 0 Å². The number of unbranched alkanes of at least 4 members (excludes halogenated alkanes) is 32. The molecule has 4 rings (SSSR count). The molecule has 2 unspecified atom stereocenters. The molecule has 2 atom stereocenters. The maximum Gasteiger partial charge on any atom is 0.261 e. The highest BCUT2D eigenvalue weighted by atomic mass is 31.2. The fourth-order valence-electron chi connectivity index (χ4n) is 13.0. The van der Waals surface area contributed by atoms with Crippen LogP contribution in [-0.4, -0.2) is 130 Å². The molecule has 6 amide bonds.